The Morgan fingerprint density at radius 3 is 2.55 bits per heavy atom. The van der Waals surface area contributed by atoms with E-state index >= 15 is 0 Å². The average Bonchev–Trinajstić information content (AvgIpc) is 3.30. The van der Waals surface area contributed by atoms with Gasteiger partial charge < -0.3 is 15.4 Å². The lowest BCUT2D eigenvalue weighted by atomic mass is 10.1. The van der Waals surface area contributed by atoms with Gasteiger partial charge in [0.25, 0.3) is 15.7 Å². The summed E-state index contributed by atoms with van der Waals surface area (Å²) < 4.78 is 27.8. The third-order valence-electron chi connectivity index (χ3n) is 5.54. The number of fused-ring (bicyclic) bond motifs is 1. The van der Waals surface area contributed by atoms with Crippen LogP contribution < -0.4 is 20.9 Å². The van der Waals surface area contributed by atoms with Crippen LogP contribution in [0.5, 0.6) is 0 Å². The van der Waals surface area contributed by atoms with E-state index in [1.165, 1.54) is 30.3 Å². The number of aromatic amines is 1. The molecule has 0 aliphatic rings. The number of carboxylic acid groups (broad SMARTS) is 1. The summed E-state index contributed by atoms with van der Waals surface area (Å²) in [5.74, 6) is -1.33. The quantitative estimate of drug-likeness (QED) is 0.0963. The van der Waals surface area contributed by atoms with E-state index in [1.807, 2.05) is 30.5 Å². The lowest BCUT2D eigenvalue weighted by molar-refractivity contribution is -0.384. The zero-order valence-electron chi connectivity index (χ0n) is 19.6. The third kappa shape index (κ3) is 5.99. The van der Waals surface area contributed by atoms with E-state index in [1.54, 1.807) is 0 Å². The molecule has 1 heterocycles. The summed E-state index contributed by atoms with van der Waals surface area (Å²) in [5, 5.41) is 25.2. The molecule has 38 heavy (non-hydrogen) atoms. The SMILES string of the molecule is O=C(O)c1ccccc1NS(=O)(=O)c1ccc(NNC(=S)NCCc2c[nH]c3ccccc23)c([N+](=O)[O-])c1. The minimum absolute atomic E-state index is 0.0272. The number of nitrogens with zero attached hydrogens (tertiary/aromatic N) is 1. The summed E-state index contributed by atoms with van der Waals surface area (Å²) in [5.41, 5.74) is 6.42. The normalized spacial score (nSPS) is 11.1. The molecule has 0 unspecified atom stereocenters. The van der Waals surface area contributed by atoms with Crippen molar-refractivity contribution < 1.29 is 23.2 Å². The number of H-pyrrole nitrogens is 1. The topological polar surface area (TPSA) is 178 Å². The van der Waals surface area contributed by atoms with Crippen molar-refractivity contribution in [1.82, 2.24) is 15.7 Å². The molecule has 0 saturated carbocycles. The average molecular weight is 555 g/mol. The number of benzene rings is 3. The highest BCUT2D eigenvalue weighted by atomic mass is 32.2. The number of aromatic nitrogens is 1. The van der Waals surface area contributed by atoms with Gasteiger partial charge in [-0.3, -0.25) is 25.7 Å². The molecular weight excluding hydrogens is 532 g/mol. The number of hydrazine groups is 1. The molecule has 14 heteroatoms. The zero-order chi connectivity index (χ0) is 27.3. The van der Waals surface area contributed by atoms with Gasteiger partial charge >= 0.3 is 5.97 Å². The number of anilines is 2. The van der Waals surface area contributed by atoms with Crippen LogP contribution in [0.25, 0.3) is 10.9 Å². The second-order valence-corrected chi connectivity index (χ2v) is 10.1. The van der Waals surface area contributed by atoms with E-state index in [4.69, 9.17) is 12.2 Å². The van der Waals surface area contributed by atoms with E-state index in [-0.39, 0.29) is 22.1 Å². The molecule has 4 rings (SSSR count). The van der Waals surface area contributed by atoms with E-state index in [0.29, 0.717) is 13.0 Å². The van der Waals surface area contributed by atoms with Crippen LogP contribution in [0.2, 0.25) is 0 Å². The van der Waals surface area contributed by atoms with Gasteiger partial charge in [-0.15, -0.1) is 0 Å². The maximum absolute atomic E-state index is 12.8. The lowest BCUT2D eigenvalue weighted by Crippen LogP contribution is -2.39. The van der Waals surface area contributed by atoms with Gasteiger partial charge in [0.1, 0.15) is 5.69 Å². The van der Waals surface area contributed by atoms with Crippen LogP contribution in [0.15, 0.2) is 77.8 Å². The summed E-state index contributed by atoms with van der Waals surface area (Å²) >= 11 is 5.23. The number of hydrogen-bond donors (Lipinski definition) is 6. The number of rotatable bonds is 10. The Labute approximate surface area is 222 Å². The standard InChI is InChI=1S/C24H22N6O6S2/c31-23(32)18-6-2-4-8-20(18)29-38(35,36)16-9-10-21(22(13-16)30(33)34)27-28-24(37)25-12-11-15-14-26-19-7-3-1-5-17(15)19/h1-10,13-14,26-27,29H,11-12H2,(H,31,32)(H2,25,28,37). The second-order valence-electron chi connectivity index (χ2n) is 8.01. The molecule has 3 aromatic carbocycles. The van der Waals surface area contributed by atoms with E-state index in [0.717, 1.165) is 28.6 Å². The van der Waals surface area contributed by atoms with Crippen LogP contribution in [0, 0.1) is 10.1 Å². The van der Waals surface area contributed by atoms with Gasteiger partial charge in [-0.05, 0) is 54.5 Å². The van der Waals surface area contributed by atoms with Gasteiger partial charge in [0.05, 0.1) is 21.1 Å². The van der Waals surface area contributed by atoms with Gasteiger partial charge in [0.2, 0.25) is 0 Å². The number of nitro benzene ring substituents is 1. The van der Waals surface area contributed by atoms with Crippen molar-refractivity contribution >= 4 is 61.3 Å². The molecule has 0 spiro atoms. The molecule has 0 bridgehead atoms. The fourth-order valence-corrected chi connectivity index (χ4v) is 4.97. The Kier molecular flexibility index (Phi) is 7.74. The molecule has 0 fully saturated rings. The first-order chi connectivity index (χ1) is 18.2. The Hall–Kier alpha value is -4.69. The Bertz CT molecular complexity index is 1640. The zero-order valence-corrected chi connectivity index (χ0v) is 21.2. The minimum atomic E-state index is -4.33. The predicted molar refractivity (Wildman–Crippen MR) is 147 cm³/mol. The molecule has 0 aliphatic heterocycles. The molecule has 0 aliphatic carbocycles. The minimum Gasteiger partial charge on any atom is -0.478 e. The van der Waals surface area contributed by atoms with Crippen LogP contribution in [0.3, 0.4) is 0 Å². The van der Waals surface area contributed by atoms with Crippen LogP contribution in [0.4, 0.5) is 17.1 Å². The second kappa shape index (κ2) is 11.1. The number of nitro groups is 1. The molecule has 0 atom stereocenters. The molecule has 1 aromatic heterocycles. The smallest absolute Gasteiger partial charge is 0.337 e. The molecule has 0 amide bonds. The van der Waals surface area contributed by atoms with Crippen LogP contribution in [-0.2, 0) is 16.4 Å². The van der Waals surface area contributed by atoms with Crippen molar-refractivity contribution in [3.63, 3.8) is 0 Å². The Morgan fingerprint density at radius 2 is 1.79 bits per heavy atom. The van der Waals surface area contributed by atoms with Gasteiger partial charge in [0, 0.05) is 29.7 Å². The maximum atomic E-state index is 12.8. The highest BCUT2D eigenvalue weighted by Crippen LogP contribution is 2.29. The molecule has 12 nitrogen and oxygen atoms in total. The number of para-hydroxylation sites is 2. The molecule has 6 N–H and O–H groups in total. The Balaban J connectivity index is 1.40. The van der Waals surface area contributed by atoms with Crippen molar-refractivity contribution in [2.45, 2.75) is 11.3 Å². The summed E-state index contributed by atoms with van der Waals surface area (Å²) in [6.07, 6.45) is 2.60. The van der Waals surface area contributed by atoms with Crippen molar-refractivity contribution in [2.75, 3.05) is 16.7 Å². The number of carbonyl (C=O) groups is 1. The molecule has 196 valence electrons. The van der Waals surface area contributed by atoms with Crippen LogP contribution >= 0.6 is 12.2 Å². The monoisotopic (exact) mass is 554 g/mol. The summed E-state index contributed by atoms with van der Waals surface area (Å²) in [6, 6.07) is 16.5. The highest BCUT2D eigenvalue weighted by Gasteiger charge is 2.23. The van der Waals surface area contributed by atoms with Gasteiger partial charge in [-0.2, -0.15) is 0 Å². The van der Waals surface area contributed by atoms with Crippen molar-refractivity contribution in [3.05, 3.63) is 94.2 Å². The third-order valence-corrected chi connectivity index (χ3v) is 7.15. The number of aromatic carboxylic acids is 1. The Morgan fingerprint density at radius 1 is 1.05 bits per heavy atom. The van der Waals surface area contributed by atoms with E-state index in [2.05, 4.69) is 25.9 Å². The molecule has 4 aromatic rings. The van der Waals surface area contributed by atoms with Gasteiger partial charge in [-0.25, -0.2) is 13.2 Å². The van der Waals surface area contributed by atoms with Crippen molar-refractivity contribution in [1.29, 1.82) is 0 Å². The maximum Gasteiger partial charge on any atom is 0.337 e. The fraction of sp³-hybridized carbons (Fsp3) is 0.0833. The van der Waals surface area contributed by atoms with Crippen molar-refractivity contribution in [2.24, 2.45) is 0 Å². The first-order valence-corrected chi connectivity index (χ1v) is 13.0. The summed E-state index contributed by atoms with van der Waals surface area (Å²) in [4.78, 5) is 25.1. The summed E-state index contributed by atoms with van der Waals surface area (Å²) in [7, 11) is -4.33. The number of hydrogen-bond acceptors (Lipinski definition) is 7. The van der Waals surface area contributed by atoms with Crippen molar-refractivity contribution in [3.8, 4) is 0 Å². The molecule has 0 radical (unpaired) electrons. The van der Waals surface area contributed by atoms with E-state index < -0.39 is 31.5 Å². The van der Waals surface area contributed by atoms with Gasteiger partial charge in [0.15, 0.2) is 5.11 Å². The lowest BCUT2D eigenvalue weighted by Gasteiger charge is -2.14. The number of carboxylic acids is 1. The largest absolute Gasteiger partial charge is 0.478 e. The predicted octanol–water partition coefficient (Wildman–Crippen LogP) is 3.61. The number of thiocarbonyl (C=S) groups is 1. The first-order valence-electron chi connectivity index (χ1n) is 11.1. The first kappa shape index (κ1) is 26.4. The van der Waals surface area contributed by atoms with Gasteiger partial charge in [-0.1, -0.05) is 30.3 Å². The number of sulfonamides is 1. The summed E-state index contributed by atoms with van der Waals surface area (Å²) in [6.45, 7) is 0.498. The highest BCUT2D eigenvalue weighted by molar-refractivity contribution is 7.92. The number of nitrogens with one attached hydrogen (secondary N) is 5. The fourth-order valence-electron chi connectivity index (χ4n) is 3.72. The van der Waals surface area contributed by atoms with Crippen LogP contribution in [-0.4, -0.2) is 41.1 Å². The van der Waals surface area contributed by atoms with Crippen LogP contribution in [0.1, 0.15) is 15.9 Å². The van der Waals surface area contributed by atoms with E-state index in [9.17, 15) is 28.4 Å². The molecular formula is C24H22N6O6S2. The molecule has 0 saturated heterocycles.